The molecule has 2 aliphatic heterocycles. The van der Waals surface area contributed by atoms with Gasteiger partial charge in [-0.25, -0.2) is 19.6 Å². The first-order valence-corrected chi connectivity index (χ1v) is 20.3. The number of carbonyl (C=O) groups excluding carboxylic acids is 4. The van der Waals surface area contributed by atoms with Gasteiger partial charge in [-0.2, -0.15) is 0 Å². The smallest absolute Gasteiger partial charge is 0.407 e. The number of imidazole rings is 2. The largest absolute Gasteiger partial charge is 0.453 e. The Morgan fingerprint density at radius 3 is 2.14 bits per heavy atom. The van der Waals surface area contributed by atoms with Gasteiger partial charge < -0.3 is 39.9 Å². The Hall–Kier alpha value is -5.92. The van der Waals surface area contributed by atoms with Gasteiger partial charge in [-0.1, -0.05) is 70.2 Å². The van der Waals surface area contributed by atoms with Crippen LogP contribution in [0.1, 0.15) is 83.5 Å². The van der Waals surface area contributed by atoms with Crippen molar-refractivity contribution in [3.05, 3.63) is 72.4 Å². The van der Waals surface area contributed by atoms with Gasteiger partial charge in [0.05, 0.1) is 49.2 Å². The monoisotopic (exact) mass is 788 g/mol. The summed E-state index contributed by atoms with van der Waals surface area (Å²) in [7, 11) is 2.60. The Kier molecular flexibility index (Phi) is 10.6. The number of nitrogens with zero attached hydrogens (tertiary/aromatic N) is 4. The standard InChI is InChI=1S/C44H52N8O6/c1-23(2)35(49-43(55)57-5)41(53)51-19-7-8-34(51)39-46-32-18-15-28-20-27(14-17-31(28)37(32)48-39)25-9-11-26(12-10-25)33-22-45-40(47-33)38-29-13-16-30(21-29)52(38)42(54)36(24(3)4)50-44(56)58-6/h9-12,14-15,17-18,20,22-24,29-30,34-36,38H,7-8,13,16,19,21H2,1-6H3,(H,45,47)(H,46,48)(H,49,55)(H,50,56)/t29-,30+,34-,35-,36-,38-/m0/s1. The number of nitrogens with one attached hydrogen (secondary N) is 4. The Labute approximate surface area is 337 Å². The van der Waals surface area contributed by atoms with Crippen molar-refractivity contribution in [3.8, 4) is 22.4 Å². The van der Waals surface area contributed by atoms with E-state index in [2.05, 4.69) is 69.1 Å². The number of likely N-dealkylation sites (tertiary alicyclic amines) is 2. The molecule has 5 aromatic rings. The maximum atomic E-state index is 14.0. The maximum absolute atomic E-state index is 14.0. The molecular formula is C44H52N8O6. The van der Waals surface area contributed by atoms with Crippen LogP contribution in [0.3, 0.4) is 0 Å². The number of fused-ring (bicyclic) bond motifs is 5. The van der Waals surface area contributed by atoms with Gasteiger partial charge in [0.15, 0.2) is 0 Å². The number of H-pyrrole nitrogens is 2. The second kappa shape index (κ2) is 15.8. The van der Waals surface area contributed by atoms with E-state index >= 15 is 0 Å². The second-order valence-corrected chi connectivity index (χ2v) is 16.6. The minimum atomic E-state index is -0.695. The molecule has 2 saturated heterocycles. The molecule has 4 N–H and O–H groups in total. The average molecular weight is 789 g/mol. The zero-order chi connectivity index (χ0) is 40.8. The van der Waals surface area contributed by atoms with E-state index in [-0.39, 0.29) is 41.8 Å². The quantitative estimate of drug-likeness (QED) is 0.115. The lowest BCUT2D eigenvalue weighted by molar-refractivity contribution is -0.139. The van der Waals surface area contributed by atoms with Crippen molar-refractivity contribution < 1.29 is 28.7 Å². The Morgan fingerprint density at radius 1 is 0.776 bits per heavy atom. The van der Waals surface area contributed by atoms with E-state index in [9.17, 15) is 19.2 Å². The summed E-state index contributed by atoms with van der Waals surface area (Å²) in [6.45, 7) is 8.26. The Bertz CT molecular complexity index is 2350. The van der Waals surface area contributed by atoms with E-state index in [4.69, 9.17) is 19.4 Å². The molecule has 8 rings (SSSR count). The van der Waals surface area contributed by atoms with E-state index in [1.807, 2.05) is 49.8 Å². The maximum Gasteiger partial charge on any atom is 0.407 e. The van der Waals surface area contributed by atoms with E-state index in [0.717, 1.165) is 87.9 Å². The van der Waals surface area contributed by atoms with Crippen molar-refractivity contribution in [3.63, 3.8) is 0 Å². The lowest BCUT2D eigenvalue weighted by Crippen LogP contribution is -2.54. The summed E-state index contributed by atoms with van der Waals surface area (Å²) in [5.74, 6) is 1.37. The fourth-order valence-electron chi connectivity index (χ4n) is 9.35. The molecule has 2 aromatic heterocycles. The number of piperidine rings is 1. The lowest BCUT2D eigenvalue weighted by atomic mass is 9.95. The summed E-state index contributed by atoms with van der Waals surface area (Å²) in [4.78, 5) is 72.4. The molecule has 1 aliphatic carbocycles. The van der Waals surface area contributed by atoms with Gasteiger partial charge in [-0.05, 0) is 84.1 Å². The molecule has 3 aliphatic rings. The van der Waals surface area contributed by atoms with Crippen LogP contribution in [0, 0.1) is 17.8 Å². The molecule has 3 fully saturated rings. The number of ether oxygens (including phenoxy) is 2. The summed E-state index contributed by atoms with van der Waals surface area (Å²) >= 11 is 0. The molecule has 14 nitrogen and oxygen atoms in total. The highest BCUT2D eigenvalue weighted by Crippen LogP contribution is 2.50. The van der Waals surface area contributed by atoms with E-state index in [0.29, 0.717) is 12.5 Å². The molecule has 4 amide bonds. The van der Waals surface area contributed by atoms with Gasteiger partial charge in [0.25, 0.3) is 0 Å². The third kappa shape index (κ3) is 7.13. The van der Waals surface area contributed by atoms with Crippen LogP contribution in [-0.4, -0.2) is 92.6 Å². The van der Waals surface area contributed by atoms with E-state index in [1.165, 1.54) is 14.2 Å². The molecule has 1 saturated carbocycles. The number of benzene rings is 3. The van der Waals surface area contributed by atoms with Crippen LogP contribution >= 0.6 is 0 Å². The first-order valence-electron chi connectivity index (χ1n) is 20.3. The SMILES string of the molecule is COC(=O)N[C@H](C(=O)N1CCC[C@H]1c1nc2ccc3cc(-c4ccc(-c5cnc([C@@H]6[C@H]7CC[C@H](C7)N6C(=O)[C@@H](NC(=O)OC)C(C)C)[nH]5)cc4)ccc3c2[nH]1)C(C)C. The fraction of sp³-hybridized carbons (Fsp3) is 0.455. The van der Waals surface area contributed by atoms with Gasteiger partial charge in [-0.3, -0.25) is 9.59 Å². The second-order valence-electron chi connectivity index (χ2n) is 16.6. The van der Waals surface area contributed by atoms with Crippen LogP contribution in [0.5, 0.6) is 0 Å². The minimum absolute atomic E-state index is 0.0948. The van der Waals surface area contributed by atoms with Crippen LogP contribution in [-0.2, 0) is 19.1 Å². The van der Waals surface area contributed by atoms with Gasteiger partial charge >= 0.3 is 12.2 Å². The van der Waals surface area contributed by atoms with Crippen LogP contribution < -0.4 is 10.6 Å². The number of amides is 4. The molecule has 14 heteroatoms. The van der Waals surface area contributed by atoms with Gasteiger partial charge in [0, 0.05) is 18.0 Å². The Balaban J connectivity index is 0.997. The molecule has 2 bridgehead atoms. The molecule has 0 unspecified atom stereocenters. The van der Waals surface area contributed by atoms with Crippen molar-refractivity contribution in [2.24, 2.45) is 17.8 Å². The summed E-state index contributed by atoms with van der Waals surface area (Å²) in [6.07, 6.45) is 5.15. The average Bonchev–Trinajstić information content (AvgIpc) is 4.09. The summed E-state index contributed by atoms with van der Waals surface area (Å²) in [6, 6.07) is 17.2. The molecule has 58 heavy (non-hydrogen) atoms. The first kappa shape index (κ1) is 38.9. The number of alkyl carbamates (subject to hydrolysis) is 2. The van der Waals surface area contributed by atoms with Gasteiger partial charge in [0.2, 0.25) is 11.8 Å². The highest BCUT2D eigenvalue weighted by Gasteiger charge is 2.51. The third-order valence-electron chi connectivity index (χ3n) is 12.4. The number of rotatable bonds is 10. The van der Waals surface area contributed by atoms with Crippen molar-refractivity contribution in [1.82, 2.24) is 40.4 Å². The molecule has 3 aromatic carbocycles. The van der Waals surface area contributed by atoms with Gasteiger partial charge in [-0.15, -0.1) is 0 Å². The summed E-state index contributed by atoms with van der Waals surface area (Å²) in [5.41, 5.74) is 5.77. The number of methoxy groups -OCH3 is 2. The summed E-state index contributed by atoms with van der Waals surface area (Å²) < 4.78 is 9.61. The number of hydrogen-bond donors (Lipinski definition) is 4. The Morgan fingerprint density at radius 2 is 1.45 bits per heavy atom. The third-order valence-corrected chi connectivity index (χ3v) is 12.4. The number of aromatic amines is 2. The van der Waals surface area contributed by atoms with Crippen LogP contribution in [0.15, 0.2) is 60.8 Å². The molecular weight excluding hydrogens is 737 g/mol. The van der Waals surface area contributed by atoms with Crippen molar-refractivity contribution in [2.45, 2.75) is 90.0 Å². The number of hydrogen-bond acceptors (Lipinski definition) is 8. The highest BCUT2D eigenvalue weighted by atomic mass is 16.5. The van der Waals surface area contributed by atoms with Crippen molar-refractivity contribution >= 4 is 45.8 Å². The number of aromatic nitrogens is 4. The topological polar surface area (TPSA) is 175 Å². The lowest BCUT2D eigenvalue weighted by Gasteiger charge is -2.37. The minimum Gasteiger partial charge on any atom is -0.453 e. The van der Waals surface area contributed by atoms with Crippen LogP contribution in [0.4, 0.5) is 9.59 Å². The first-order chi connectivity index (χ1) is 27.9. The van der Waals surface area contributed by atoms with Crippen molar-refractivity contribution in [2.75, 3.05) is 20.8 Å². The molecule has 304 valence electrons. The molecule has 0 radical (unpaired) electrons. The molecule has 4 heterocycles. The van der Waals surface area contributed by atoms with E-state index < -0.39 is 24.3 Å². The molecule has 6 atom stereocenters. The van der Waals surface area contributed by atoms with Crippen molar-refractivity contribution in [1.29, 1.82) is 0 Å². The normalized spacial score (nSPS) is 21.2. The van der Waals surface area contributed by atoms with Crippen LogP contribution in [0.25, 0.3) is 44.2 Å². The summed E-state index contributed by atoms with van der Waals surface area (Å²) in [5, 5.41) is 7.58. The zero-order valence-electron chi connectivity index (χ0n) is 33.9. The predicted molar refractivity (Wildman–Crippen MR) is 219 cm³/mol. The predicted octanol–water partition coefficient (Wildman–Crippen LogP) is 7.25. The van der Waals surface area contributed by atoms with Crippen LogP contribution in [0.2, 0.25) is 0 Å². The fourth-order valence-corrected chi connectivity index (χ4v) is 9.35. The van der Waals surface area contributed by atoms with E-state index in [1.54, 1.807) is 0 Å². The zero-order valence-corrected chi connectivity index (χ0v) is 33.9. The molecule has 0 spiro atoms. The number of carbonyl (C=O) groups is 4. The van der Waals surface area contributed by atoms with Gasteiger partial charge in [0.1, 0.15) is 23.7 Å². The highest BCUT2D eigenvalue weighted by molar-refractivity contribution is 6.05.